The Labute approximate surface area is 82.4 Å². The molecule has 1 aliphatic rings. The largest absolute Gasteiger partial charge is 0.480 e. The molecule has 5 nitrogen and oxygen atoms in total. The van der Waals surface area contributed by atoms with Gasteiger partial charge in [-0.15, -0.1) is 0 Å². The molecule has 0 heterocycles. The Balaban J connectivity index is 2.01. The minimum Gasteiger partial charge on any atom is -0.480 e. The van der Waals surface area contributed by atoms with Gasteiger partial charge >= 0.3 is 5.97 Å². The Morgan fingerprint density at radius 1 is 1.43 bits per heavy atom. The highest BCUT2D eigenvalue weighted by Crippen LogP contribution is 2.43. The Morgan fingerprint density at radius 3 is 2.57 bits per heavy atom. The van der Waals surface area contributed by atoms with E-state index in [1.807, 2.05) is 0 Å². The van der Waals surface area contributed by atoms with E-state index in [0.29, 0.717) is 6.54 Å². The zero-order valence-electron chi connectivity index (χ0n) is 8.21. The third kappa shape index (κ3) is 4.23. The van der Waals surface area contributed by atoms with Gasteiger partial charge in [0.25, 0.3) is 0 Å². The fourth-order valence-electron chi connectivity index (χ4n) is 0.984. The average molecular weight is 201 g/mol. The molecule has 5 heteroatoms. The second kappa shape index (κ2) is 4.41. The number of hydrogen-bond donors (Lipinski definition) is 2. The van der Waals surface area contributed by atoms with E-state index in [4.69, 9.17) is 5.11 Å². The van der Waals surface area contributed by atoms with E-state index in [0.717, 1.165) is 12.8 Å². The normalized spacial score (nSPS) is 17.5. The molecule has 0 atom stereocenters. The highest BCUT2D eigenvalue weighted by molar-refractivity contribution is 5.77. The zero-order valence-corrected chi connectivity index (χ0v) is 8.21. The Hall–Kier alpha value is -1.10. The van der Waals surface area contributed by atoms with Crippen molar-refractivity contribution < 1.29 is 19.4 Å². The fourth-order valence-corrected chi connectivity index (χ4v) is 0.984. The van der Waals surface area contributed by atoms with Crippen LogP contribution >= 0.6 is 0 Å². The maximum absolute atomic E-state index is 11.1. The van der Waals surface area contributed by atoms with Crippen molar-refractivity contribution in [1.29, 1.82) is 0 Å². The van der Waals surface area contributed by atoms with Gasteiger partial charge in [0, 0.05) is 6.54 Å². The summed E-state index contributed by atoms with van der Waals surface area (Å²) in [6, 6.07) is 0. The molecule has 0 aromatic carbocycles. The molecule has 80 valence electrons. The number of carboxylic acid groups (broad SMARTS) is 1. The van der Waals surface area contributed by atoms with E-state index >= 15 is 0 Å². The molecule has 0 aliphatic heterocycles. The lowest BCUT2D eigenvalue weighted by atomic mass is 10.1. The van der Waals surface area contributed by atoms with Crippen molar-refractivity contribution in [1.82, 2.24) is 5.32 Å². The highest BCUT2D eigenvalue weighted by atomic mass is 16.5. The van der Waals surface area contributed by atoms with E-state index < -0.39 is 12.6 Å². The van der Waals surface area contributed by atoms with Crippen molar-refractivity contribution in [3.8, 4) is 0 Å². The standard InChI is InChI=1S/C9H15NO4/c1-9(2-3-9)6-10-7(11)4-14-5-8(12)13/h2-6H2,1H3,(H,10,11)(H,12,13). The minimum absolute atomic E-state index is 0.178. The maximum Gasteiger partial charge on any atom is 0.329 e. The molecule has 0 aromatic heterocycles. The lowest BCUT2D eigenvalue weighted by molar-refractivity contribution is -0.143. The third-order valence-corrected chi connectivity index (χ3v) is 2.27. The van der Waals surface area contributed by atoms with E-state index in [9.17, 15) is 9.59 Å². The van der Waals surface area contributed by atoms with Crippen LogP contribution in [-0.2, 0) is 14.3 Å². The topological polar surface area (TPSA) is 75.6 Å². The fraction of sp³-hybridized carbons (Fsp3) is 0.778. The molecule has 0 aromatic rings. The summed E-state index contributed by atoms with van der Waals surface area (Å²) in [6.45, 7) is 2.15. The van der Waals surface area contributed by atoms with Crippen molar-refractivity contribution in [3.63, 3.8) is 0 Å². The lowest BCUT2D eigenvalue weighted by Gasteiger charge is -2.09. The first-order valence-electron chi connectivity index (χ1n) is 4.58. The van der Waals surface area contributed by atoms with Gasteiger partial charge in [-0.25, -0.2) is 4.79 Å². The number of carbonyl (C=O) groups excluding carboxylic acids is 1. The van der Waals surface area contributed by atoms with Crippen LogP contribution in [0.2, 0.25) is 0 Å². The van der Waals surface area contributed by atoms with E-state index in [-0.39, 0.29) is 17.9 Å². The summed E-state index contributed by atoms with van der Waals surface area (Å²) < 4.78 is 4.63. The molecule has 0 bridgehead atoms. The maximum atomic E-state index is 11.1. The van der Waals surface area contributed by atoms with Gasteiger partial charge in [0.1, 0.15) is 13.2 Å². The quantitative estimate of drug-likeness (QED) is 0.634. The molecule has 1 rings (SSSR count). The third-order valence-electron chi connectivity index (χ3n) is 2.27. The Kier molecular flexibility index (Phi) is 3.46. The summed E-state index contributed by atoms with van der Waals surface area (Å²) in [5.74, 6) is -1.31. The van der Waals surface area contributed by atoms with Crippen molar-refractivity contribution in [2.24, 2.45) is 5.41 Å². The SMILES string of the molecule is CC1(CNC(=O)COCC(=O)O)CC1. The summed E-state index contributed by atoms with van der Waals surface area (Å²) in [5, 5.41) is 10.9. The molecule has 0 radical (unpaired) electrons. The van der Waals surface area contributed by atoms with E-state index in [2.05, 4.69) is 17.0 Å². The molecule has 1 amide bonds. The van der Waals surface area contributed by atoms with Gasteiger partial charge in [-0.05, 0) is 18.3 Å². The van der Waals surface area contributed by atoms with Crippen LogP contribution in [0, 0.1) is 5.41 Å². The lowest BCUT2D eigenvalue weighted by Crippen LogP contribution is -2.32. The summed E-state index contributed by atoms with van der Waals surface area (Å²) in [7, 11) is 0. The predicted octanol–water partition coefficient (Wildman–Crippen LogP) is 0.00390. The van der Waals surface area contributed by atoms with Crippen LogP contribution in [0.25, 0.3) is 0 Å². The predicted molar refractivity (Wildman–Crippen MR) is 48.8 cm³/mol. The molecule has 14 heavy (non-hydrogen) atoms. The number of hydrogen-bond acceptors (Lipinski definition) is 3. The van der Waals surface area contributed by atoms with Crippen LogP contribution < -0.4 is 5.32 Å². The van der Waals surface area contributed by atoms with Gasteiger partial charge in [-0.3, -0.25) is 4.79 Å². The molecular weight excluding hydrogens is 186 g/mol. The van der Waals surface area contributed by atoms with Crippen molar-refractivity contribution >= 4 is 11.9 Å². The van der Waals surface area contributed by atoms with Gasteiger partial charge in [-0.2, -0.15) is 0 Å². The van der Waals surface area contributed by atoms with E-state index in [1.165, 1.54) is 0 Å². The Morgan fingerprint density at radius 2 is 2.07 bits per heavy atom. The second-order valence-corrected chi connectivity index (χ2v) is 3.97. The summed E-state index contributed by atoms with van der Waals surface area (Å²) in [4.78, 5) is 21.1. The molecule has 0 saturated heterocycles. The number of rotatable bonds is 6. The molecule has 0 unspecified atom stereocenters. The number of aliphatic carboxylic acids is 1. The monoisotopic (exact) mass is 201 g/mol. The first-order valence-corrected chi connectivity index (χ1v) is 4.58. The zero-order chi connectivity index (χ0) is 10.6. The number of nitrogens with one attached hydrogen (secondary N) is 1. The minimum atomic E-state index is -1.06. The van der Waals surface area contributed by atoms with Crippen LogP contribution in [0.1, 0.15) is 19.8 Å². The highest BCUT2D eigenvalue weighted by Gasteiger charge is 2.37. The summed E-state index contributed by atoms with van der Waals surface area (Å²) >= 11 is 0. The second-order valence-electron chi connectivity index (χ2n) is 3.97. The molecule has 2 N–H and O–H groups in total. The van der Waals surface area contributed by atoms with Crippen LogP contribution in [0.15, 0.2) is 0 Å². The van der Waals surface area contributed by atoms with Crippen LogP contribution in [0.4, 0.5) is 0 Å². The first kappa shape index (κ1) is 11.0. The number of amides is 1. The molecular formula is C9H15NO4. The smallest absolute Gasteiger partial charge is 0.329 e. The van der Waals surface area contributed by atoms with Gasteiger partial charge in [0.2, 0.25) is 5.91 Å². The average Bonchev–Trinajstić information content (AvgIpc) is 2.81. The summed E-state index contributed by atoms with van der Waals surface area (Å²) in [6.07, 6.45) is 2.28. The summed E-state index contributed by atoms with van der Waals surface area (Å²) in [5.41, 5.74) is 0.266. The Bertz CT molecular complexity index is 235. The number of carbonyl (C=O) groups is 2. The molecule has 0 spiro atoms. The molecule has 1 aliphatic carbocycles. The number of ether oxygens (including phenoxy) is 1. The van der Waals surface area contributed by atoms with E-state index in [1.54, 1.807) is 0 Å². The van der Waals surface area contributed by atoms with Crippen LogP contribution in [-0.4, -0.2) is 36.7 Å². The van der Waals surface area contributed by atoms with Gasteiger partial charge < -0.3 is 15.2 Å². The van der Waals surface area contributed by atoms with Crippen molar-refractivity contribution in [2.45, 2.75) is 19.8 Å². The van der Waals surface area contributed by atoms with Crippen molar-refractivity contribution in [2.75, 3.05) is 19.8 Å². The van der Waals surface area contributed by atoms with Gasteiger partial charge in [-0.1, -0.05) is 6.92 Å². The molecule has 1 saturated carbocycles. The van der Waals surface area contributed by atoms with Gasteiger partial charge in [0.05, 0.1) is 0 Å². The first-order chi connectivity index (χ1) is 6.52. The van der Waals surface area contributed by atoms with Crippen molar-refractivity contribution in [3.05, 3.63) is 0 Å². The van der Waals surface area contributed by atoms with Gasteiger partial charge in [0.15, 0.2) is 0 Å². The number of carboxylic acids is 1. The van der Waals surface area contributed by atoms with Crippen LogP contribution in [0.3, 0.4) is 0 Å². The van der Waals surface area contributed by atoms with Crippen LogP contribution in [0.5, 0.6) is 0 Å². The molecule has 1 fully saturated rings.